The Hall–Kier alpha value is -3.48. The van der Waals surface area contributed by atoms with Gasteiger partial charge in [0.2, 0.25) is 0 Å². The van der Waals surface area contributed by atoms with Gasteiger partial charge in [0.1, 0.15) is 5.75 Å². The molecule has 0 fully saturated rings. The smallest absolute Gasteiger partial charge is 0.270 e. The molecule has 0 aliphatic carbocycles. The summed E-state index contributed by atoms with van der Waals surface area (Å²) >= 11 is 0. The van der Waals surface area contributed by atoms with E-state index in [-0.39, 0.29) is 17.0 Å². The molecule has 3 aromatic rings. The summed E-state index contributed by atoms with van der Waals surface area (Å²) in [5.41, 5.74) is 2.65. The van der Waals surface area contributed by atoms with Crippen molar-refractivity contribution in [2.24, 2.45) is 7.05 Å². The first-order valence-electron chi connectivity index (χ1n) is 7.52. The van der Waals surface area contributed by atoms with Crippen LogP contribution in [0.2, 0.25) is 0 Å². The second-order valence-electron chi connectivity index (χ2n) is 5.63. The highest BCUT2D eigenvalue weighted by Crippen LogP contribution is 2.35. The summed E-state index contributed by atoms with van der Waals surface area (Å²) in [5, 5.41) is 25.5. The largest absolute Gasteiger partial charge is 0.507 e. The fraction of sp³-hybridized carbons (Fsp3) is 0.111. The summed E-state index contributed by atoms with van der Waals surface area (Å²) < 4.78 is 1.72. The fourth-order valence-corrected chi connectivity index (χ4v) is 2.70. The molecule has 0 aliphatic heterocycles. The third-order valence-electron chi connectivity index (χ3n) is 4.00. The highest BCUT2D eigenvalue weighted by molar-refractivity contribution is 5.86. The van der Waals surface area contributed by atoms with Crippen LogP contribution in [0, 0.1) is 10.1 Å². The molecule has 1 aromatic heterocycles. The first-order valence-corrected chi connectivity index (χ1v) is 7.52. The predicted molar refractivity (Wildman–Crippen MR) is 91.6 cm³/mol. The van der Waals surface area contributed by atoms with Crippen molar-refractivity contribution >= 4 is 12.0 Å². The van der Waals surface area contributed by atoms with Crippen LogP contribution in [0.4, 0.5) is 5.69 Å². The molecule has 0 saturated heterocycles. The Balaban J connectivity index is 2.11. The second-order valence-corrected chi connectivity index (χ2v) is 5.63. The summed E-state index contributed by atoms with van der Waals surface area (Å²) in [6.45, 7) is 0. The van der Waals surface area contributed by atoms with Crippen molar-refractivity contribution < 1.29 is 14.8 Å². The zero-order valence-electron chi connectivity index (χ0n) is 13.4. The van der Waals surface area contributed by atoms with Gasteiger partial charge in [-0.05, 0) is 29.3 Å². The van der Waals surface area contributed by atoms with Crippen LogP contribution >= 0.6 is 0 Å². The van der Waals surface area contributed by atoms with Crippen molar-refractivity contribution in [3.8, 4) is 16.9 Å². The number of aldehydes is 1. The van der Waals surface area contributed by atoms with E-state index in [0.29, 0.717) is 23.8 Å². The van der Waals surface area contributed by atoms with Gasteiger partial charge in [-0.15, -0.1) is 0 Å². The van der Waals surface area contributed by atoms with Gasteiger partial charge in [0.05, 0.1) is 10.5 Å². The lowest BCUT2D eigenvalue weighted by Gasteiger charge is -2.11. The molecule has 7 heteroatoms. The van der Waals surface area contributed by atoms with E-state index in [0.717, 1.165) is 11.3 Å². The number of hydrogen-bond donors (Lipinski definition) is 1. The minimum Gasteiger partial charge on any atom is -0.507 e. The number of nitro benzene ring substituents is 1. The maximum Gasteiger partial charge on any atom is 0.270 e. The Morgan fingerprint density at radius 1 is 1.28 bits per heavy atom. The second kappa shape index (κ2) is 6.56. The molecule has 0 spiro atoms. The van der Waals surface area contributed by atoms with E-state index in [4.69, 9.17) is 0 Å². The van der Waals surface area contributed by atoms with Crippen molar-refractivity contribution in [1.82, 2.24) is 9.78 Å². The molecule has 0 radical (unpaired) electrons. The Labute approximate surface area is 143 Å². The van der Waals surface area contributed by atoms with Crippen LogP contribution in [0.25, 0.3) is 11.1 Å². The molecule has 0 unspecified atom stereocenters. The minimum atomic E-state index is -0.499. The first kappa shape index (κ1) is 16.4. The van der Waals surface area contributed by atoms with Gasteiger partial charge in [-0.3, -0.25) is 19.6 Å². The molecular weight excluding hydrogens is 322 g/mol. The summed E-state index contributed by atoms with van der Waals surface area (Å²) in [4.78, 5) is 21.8. The lowest BCUT2D eigenvalue weighted by Crippen LogP contribution is -2.00. The number of non-ortho nitro benzene ring substituents is 1. The number of nitrogens with zero attached hydrogens (tertiary/aromatic N) is 3. The number of hydrogen-bond acceptors (Lipinski definition) is 5. The van der Waals surface area contributed by atoms with Gasteiger partial charge in [0, 0.05) is 43.1 Å². The number of aromatic hydroxyl groups is 1. The fourth-order valence-electron chi connectivity index (χ4n) is 2.70. The third-order valence-corrected chi connectivity index (χ3v) is 4.00. The number of phenolic OH excluding ortho intramolecular Hbond substituents is 1. The summed E-state index contributed by atoms with van der Waals surface area (Å²) in [7, 11) is 1.82. The van der Waals surface area contributed by atoms with Crippen molar-refractivity contribution in [1.29, 1.82) is 0 Å². The first-order chi connectivity index (χ1) is 12.0. The summed E-state index contributed by atoms with van der Waals surface area (Å²) in [5.74, 6) is -0.191. The number of nitro groups is 1. The Kier molecular flexibility index (Phi) is 4.30. The molecule has 25 heavy (non-hydrogen) atoms. The zero-order chi connectivity index (χ0) is 18.0. The lowest BCUT2D eigenvalue weighted by molar-refractivity contribution is -0.384. The summed E-state index contributed by atoms with van der Waals surface area (Å²) in [6.07, 6.45) is 2.76. The Bertz CT molecular complexity index is 963. The van der Waals surface area contributed by atoms with Gasteiger partial charge in [0.15, 0.2) is 6.29 Å². The normalized spacial score (nSPS) is 10.6. The maximum absolute atomic E-state index is 11.3. The van der Waals surface area contributed by atoms with Crippen molar-refractivity contribution in [3.05, 3.63) is 75.6 Å². The van der Waals surface area contributed by atoms with Gasteiger partial charge in [0.25, 0.3) is 5.69 Å². The molecule has 3 rings (SSSR count). The van der Waals surface area contributed by atoms with E-state index in [1.165, 1.54) is 12.1 Å². The molecule has 0 bridgehead atoms. The van der Waals surface area contributed by atoms with E-state index in [2.05, 4.69) is 5.10 Å². The van der Waals surface area contributed by atoms with Crippen molar-refractivity contribution in [2.75, 3.05) is 0 Å². The van der Waals surface area contributed by atoms with E-state index in [1.807, 2.05) is 13.1 Å². The van der Waals surface area contributed by atoms with Crippen LogP contribution < -0.4 is 0 Å². The highest BCUT2D eigenvalue weighted by atomic mass is 16.6. The van der Waals surface area contributed by atoms with Crippen LogP contribution in [0.15, 0.2) is 48.7 Å². The molecule has 2 aromatic carbocycles. The van der Waals surface area contributed by atoms with Gasteiger partial charge < -0.3 is 5.11 Å². The molecule has 1 heterocycles. The molecular formula is C18H15N3O4. The average molecular weight is 337 g/mol. The SMILES string of the molecule is Cn1nccc1Cc1cc(C=O)c(O)c(-c2cccc([N+](=O)[O-])c2)c1. The summed E-state index contributed by atoms with van der Waals surface area (Å²) in [6, 6.07) is 11.1. The molecule has 0 saturated carbocycles. The average Bonchev–Trinajstić information content (AvgIpc) is 3.01. The molecule has 7 nitrogen and oxygen atoms in total. The number of carbonyl (C=O) groups excluding carboxylic acids is 1. The monoisotopic (exact) mass is 337 g/mol. The third kappa shape index (κ3) is 3.25. The number of carbonyl (C=O) groups is 1. The van der Waals surface area contributed by atoms with E-state index >= 15 is 0 Å². The molecule has 0 aliphatic rings. The zero-order valence-corrected chi connectivity index (χ0v) is 13.4. The van der Waals surface area contributed by atoms with Crippen molar-refractivity contribution in [2.45, 2.75) is 6.42 Å². The highest BCUT2D eigenvalue weighted by Gasteiger charge is 2.15. The van der Waals surface area contributed by atoms with Crippen LogP contribution in [-0.4, -0.2) is 26.1 Å². The lowest BCUT2D eigenvalue weighted by atomic mass is 9.96. The standard InChI is InChI=1S/C18H15N3O4/c1-20-15(5-6-19-20)8-12-7-14(11-22)18(23)17(9-12)13-3-2-4-16(10-13)21(24)25/h2-7,9-11,23H,8H2,1H3. The predicted octanol–water partition coefficient (Wildman–Crippen LogP) is 3.10. The number of benzene rings is 2. The van der Waals surface area contributed by atoms with Gasteiger partial charge in [-0.1, -0.05) is 12.1 Å². The van der Waals surface area contributed by atoms with Crippen LogP contribution in [0.3, 0.4) is 0 Å². The van der Waals surface area contributed by atoms with Gasteiger partial charge in [-0.2, -0.15) is 5.10 Å². The van der Waals surface area contributed by atoms with Crippen LogP contribution in [-0.2, 0) is 13.5 Å². The van der Waals surface area contributed by atoms with E-state index in [9.17, 15) is 20.0 Å². The Morgan fingerprint density at radius 2 is 2.08 bits per heavy atom. The molecule has 0 amide bonds. The van der Waals surface area contributed by atoms with Crippen molar-refractivity contribution in [3.63, 3.8) is 0 Å². The van der Waals surface area contributed by atoms with Crippen LogP contribution in [0.5, 0.6) is 5.75 Å². The number of rotatable bonds is 5. The number of phenols is 1. The van der Waals surface area contributed by atoms with Gasteiger partial charge >= 0.3 is 0 Å². The Morgan fingerprint density at radius 3 is 2.72 bits per heavy atom. The molecule has 1 N–H and O–H groups in total. The molecule has 0 atom stereocenters. The number of aromatic nitrogens is 2. The van der Waals surface area contributed by atoms with Crippen LogP contribution in [0.1, 0.15) is 21.6 Å². The van der Waals surface area contributed by atoms with E-state index in [1.54, 1.807) is 35.1 Å². The minimum absolute atomic E-state index is 0.0819. The molecule has 126 valence electrons. The quantitative estimate of drug-likeness (QED) is 0.438. The maximum atomic E-state index is 11.3. The van der Waals surface area contributed by atoms with Gasteiger partial charge in [-0.25, -0.2) is 0 Å². The van der Waals surface area contributed by atoms with E-state index < -0.39 is 4.92 Å². The topological polar surface area (TPSA) is 98.3 Å². The number of aryl methyl sites for hydroxylation is 1.